The first-order valence-corrected chi connectivity index (χ1v) is 23.3. The van der Waals surface area contributed by atoms with Crippen molar-refractivity contribution >= 4 is 93.0 Å². The lowest BCUT2D eigenvalue weighted by Gasteiger charge is -2.53. The summed E-state index contributed by atoms with van der Waals surface area (Å²) >= 11 is 0. The Kier molecular flexibility index (Phi) is 5.79. The van der Waals surface area contributed by atoms with Crippen molar-refractivity contribution in [3.05, 3.63) is 168 Å². The fourth-order valence-electron chi connectivity index (χ4n) is 10.7. The fourth-order valence-corrected chi connectivity index (χ4v) is 19.9. The van der Waals surface area contributed by atoms with Crippen LogP contribution in [-0.2, 0) is 0 Å². The number of hydrogen-bond donors (Lipinski definition) is 0. The van der Waals surface area contributed by atoms with Crippen molar-refractivity contribution in [3.63, 3.8) is 0 Å². The van der Waals surface area contributed by atoms with Gasteiger partial charge in [-0.15, -0.1) is 0 Å². The highest BCUT2D eigenvalue weighted by atomic mass is 28.3. The lowest BCUT2D eigenvalue weighted by Crippen LogP contribution is -2.80. The number of para-hydroxylation sites is 2. The van der Waals surface area contributed by atoms with Crippen LogP contribution in [0.25, 0.3) is 0 Å². The van der Waals surface area contributed by atoms with Gasteiger partial charge in [-0.25, -0.2) is 0 Å². The molecule has 8 aromatic carbocycles. The van der Waals surface area contributed by atoms with Crippen LogP contribution < -0.4 is 65.1 Å². The summed E-state index contributed by atoms with van der Waals surface area (Å²) in [5.41, 5.74) is 6.13. The summed E-state index contributed by atoms with van der Waals surface area (Å²) in [6.45, 7) is 0. The molecule has 2 unspecified atom stereocenters. The summed E-state index contributed by atoms with van der Waals surface area (Å²) in [4.78, 5) is 16.7. The topological polar surface area (TPSA) is 86.5 Å². The molecule has 2 atom stereocenters. The molecule has 6 aliphatic heterocycles. The van der Waals surface area contributed by atoms with E-state index < -0.39 is 16.9 Å². The Bertz CT molecular complexity index is 3240. The van der Waals surface area contributed by atoms with Gasteiger partial charge in [-0.05, 0) is 78.0 Å². The normalized spacial score (nSPS) is 18.0. The largest absolute Gasteiger partial charge is 0.457 e. The minimum atomic E-state index is -3.51. The molecular weight excluding hydrogens is 771 g/mol. The van der Waals surface area contributed by atoms with Gasteiger partial charge in [-0.1, -0.05) is 72.8 Å². The monoisotopic (exact) mass is 797 g/mol. The molecule has 6 heterocycles. The molecule has 0 saturated carbocycles. The molecule has 0 saturated heterocycles. The number of fused-ring (bicyclic) bond motifs is 2. The Morgan fingerprint density at radius 2 is 0.983 bits per heavy atom. The number of nitro benzene ring substituents is 1. The second-order valence-corrected chi connectivity index (χ2v) is 21.7. The van der Waals surface area contributed by atoms with Crippen LogP contribution in [0, 0.1) is 10.1 Å². The number of anilines is 6. The third-order valence-corrected chi connectivity index (χ3v) is 21.1. The zero-order valence-electron chi connectivity index (χ0n) is 30.9. The molecule has 0 radical (unpaired) electrons. The maximum atomic E-state index is 12.2. The molecular formula is C48H27N3O6Si2. The Labute approximate surface area is 339 Å². The molecule has 59 heavy (non-hydrogen) atoms. The van der Waals surface area contributed by atoms with Gasteiger partial charge in [0.15, 0.2) is 20.3 Å². The molecule has 0 aliphatic carbocycles. The van der Waals surface area contributed by atoms with E-state index in [1.165, 1.54) is 5.19 Å². The lowest BCUT2D eigenvalue weighted by atomic mass is 10.1. The number of rotatable bonds is 4. The van der Waals surface area contributed by atoms with E-state index in [1.54, 1.807) is 12.1 Å². The molecule has 0 bridgehead atoms. The average molecular weight is 798 g/mol. The van der Waals surface area contributed by atoms with Gasteiger partial charge in [0.2, 0.25) is 8.07 Å². The molecule has 0 spiro atoms. The first kappa shape index (κ1) is 31.5. The second kappa shape index (κ2) is 10.9. The van der Waals surface area contributed by atoms with Crippen molar-refractivity contribution in [2.45, 2.75) is 0 Å². The number of benzene rings is 8. The lowest BCUT2D eigenvalue weighted by molar-refractivity contribution is -0.384. The van der Waals surface area contributed by atoms with Gasteiger partial charge in [0.25, 0.3) is 5.69 Å². The van der Waals surface area contributed by atoms with Crippen LogP contribution in [0.4, 0.5) is 39.8 Å². The Morgan fingerprint density at radius 1 is 0.458 bits per heavy atom. The van der Waals surface area contributed by atoms with Crippen molar-refractivity contribution in [1.82, 2.24) is 0 Å². The number of hydrogen-bond acceptors (Lipinski definition) is 8. The molecule has 278 valence electrons. The van der Waals surface area contributed by atoms with Crippen LogP contribution in [0.1, 0.15) is 0 Å². The molecule has 6 aliphatic rings. The van der Waals surface area contributed by atoms with Crippen LogP contribution in [0.2, 0.25) is 0 Å². The van der Waals surface area contributed by atoms with Crippen molar-refractivity contribution in [2.75, 3.05) is 9.80 Å². The van der Waals surface area contributed by atoms with E-state index in [0.717, 1.165) is 94.0 Å². The molecule has 14 rings (SSSR count). The van der Waals surface area contributed by atoms with Crippen LogP contribution in [0.3, 0.4) is 0 Å². The first-order valence-electron chi connectivity index (χ1n) is 19.5. The maximum absolute atomic E-state index is 12.2. The van der Waals surface area contributed by atoms with Crippen molar-refractivity contribution in [2.24, 2.45) is 0 Å². The smallest absolute Gasteiger partial charge is 0.269 e. The van der Waals surface area contributed by atoms with E-state index in [2.05, 4.69) is 107 Å². The van der Waals surface area contributed by atoms with Crippen LogP contribution in [0.15, 0.2) is 158 Å². The molecule has 0 amide bonds. The van der Waals surface area contributed by atoms with Gasteiger partial charge in [-0.3, -0.25) is 10.1 Å². The summed E-state index contributed by atoms with van der Waals surface area (Å²) in [7, 11) is -5.87. The quantitative estimate of drug-likeness (QED) is 0.105. The molecule has 0 fully saturated rings. The van der Waals surface area contributed by atoms with Gasteiger partial charge in [0.1, 0.15) is 34.5 Å². The molecule has 8 aromatic rings. The van der Waals surface area contributed by atoms with E-state index in [9.17, 15) is 10.1 Å². The van der Waals surface area contributed by atoms with Crippen molar-refractivity contribution in [3.8, 4) is 46.0 Å². The number of non-ortho nitro benzene ring substituents is 1. The molecule has 0 aromatic heterocycles. The molecule has 11 heteroatoms. The summed E-state index contributed by atoms with van der Waals surface area (Å²) in [6.07, 6.45) is 0. The van der Waals surface area contributed by atoms with Gasteiger partial charge in [0, 0.05) is 60.3 Å². The molecule has 9 nitrogen and oxygen atoms in total. The third-order valence-electron chi connectivity index (χ3n) is 12.8. The first-order chi connectivity index (χ1) is 29.1. The van der Waals surface area contributed by atoms with E-state index in [0.29, 0.717) is 17.2 Å². The maximum Gasteiger partial charge on any atom is 0.269 e. The number of nitro groups is 1. The Morgan fingerprint density at radius 3 is 1.66 bits per heavy atom. The van der Waals surface area contributed by atoms with Gasteiger partial charge >= 0.3 is 0 Å². The zero-order valence-corrected chi connectivity index (χ0v) is 33.0. The van der Waals surface area contributed by atoms with Gasteiger partial charge < -0.3 is 28.7 Å². The highest BCUT2D eigenvalue weighted by molar-refractivity contribution is 7.23. The molecule has 0 N–H and O–H groups in total. The number of nitrogens with zero attached hydrogens (tertiary/aromatic N) is 3. The van der Waals surface area contributed by atoms with E-state index in [4.69, 9.17) is 18.9 Å². The highest BCUT2D eigenvalue weighted by Gasteiger charge is 2.62. The Balaban J connectivity index is 1.24. The zero-order chi connectivity index (χ0) is 38.7. The second-order valence-electron chi connectivity index (χ2n) is 15.5. The third kappa shape index (κ3) is 3.71. The average Bonchev–Trinajstić information content (AvgIpc) is 3.28. The predicted molar refractivity (Wildman–Crippen MR) is 232 cm³/mol. The van der Waals surface area contributed by atoms with Gasteiger partial charge in [-0.2, -0.15) is 0 Å². The van der Waals surface area contributed by atoms with Gasteiger partial charge in [0.05, 0.1) is 22.0 Å². The number of ether oxygens (including phenoxy) is 4. The highest BCUT2D eigenvalue weighted by Crippen LogP contribution is 2.58. The summed E-state index contributed by atoms with van der Waals surface area (Å²) in [5.74, 6) is 6.04. The summed E-state index contributed by atoms with van der Waals surface area (Å²) in [6, 6.07) is 53.1. The Hall–Kier alpha value is -7.61. The van der Waals surface area contributed by atoms with Crippen molar-refractivity contribution < 1.29 is 23.9 Å². The summed E-state index contributed by atoms with van der Waals surface area (Å²) < 4.78 is 28.4. The minimum Gasteiger partial charge on any atom is -0.457 e. The standard InChI is InChI=1S/C48H27N3O6Si2/c52-51(53)29-23-25-30(26-24-29)59-46-32-16-8-20-36(46)55-37-21-10-22-38(47(37)59)57-42-41-45-39(40(48(42)59)50(32)28-13-5-2-6-14-28)49(27-11-3-1-4-12-27)31-15-7-17-33-43(31)58(45)44-34(54-33)18-9-19-35(44)56-41/h1-26,58H. The predicted octanol–water partition coefficient (Wildman–Crippen LogP) is 7.21. The SMILES string of the molecule is O=[N+]([O-])c1ccc([Si]23c4c5cccc4Oc4c6c7c(c(c42)N(c2ccccc2)c2cccc(c23)O5)N(c2ccccc2)c2cccc3c2[SiH]7c2c(cccc2O6)O3)cc1. The van der Waals surface area contributed by atoms with E-state index in [-0.39, 0.29) is 10.6 Å². The van der Waals surface area contributed by atoms with E-state index in [1.807, 2.05) is 48.5 Å². The van der Waals surface area contributed by atoms with Crippen LogP contribution >= 0.6 is 0 Å². The van der Waals surface area contributed by atoms with Crippen molar-refractivity contribution in [1.29, 1.82) is 0 Å². The van der Waals surface area contributed by atoms with Crippen LogP contribution in [0.5, 0.6) is 46.0 Å². The summed E-state index contributed by atoms with van der Waals surface area (Å²) in [5, 5.41) is 19.7. The van der Waals surface area contributed by atoms with E-state index >= 15 is 0 Å². The van der Waals surface area contributed by atoms with Crippen LogP contribution in [-0.4, -0.2) is 21.8 Å². The fraction of sp³-hybridized carbons (Fsp3) is 0. The minimum absolute atomic E-state index is 0.0353.